The lowest BCUT2D eigenvalue weighted by Crippen LogP contribution is -1.97. The van der Waals surface area contributed by atoms with Gasteiger partial charge in [0, 0.05) is 6.42 Å². The third-order valence-corrected chi connectivity index (χ3v) is 1.88. The zero-order chi connectivity index (χ0) is 10.2. The fourth-order valence-electron chi connectivity index (χ4n) is 0.944. The van der Waals surface area contributed by atoms with E-state index in [1.165, 1.54) is 0 Å². The van der Waals surface area contributed by atoms with Crippen LogP contribution in [0.1, 0.15) is 19.3 Å². The summed E-state index contributed by atoms with van der Waals surface area (Å²) in [6.07, 6.45) is 3.93. The monoisotopic (exact) mass is 210 g/mol. The van der Waals surface area contributed by atoms with E-state index >= 15 is 0 Å². The second kappa shape index (κ2) is 6.22. The predicted molar refractivity (Wildman–Crippen MR) is 54.2 cm³/mol. The third kappa shape index (κ3) is 4.11. The Morgan fingerprint density at radius 3 is 2.93 bits per heavy atom. The summed E-state index contributed by atoms with van der Waals surface area (Å²) in [4.78, 5) is 3.88. The molecule has 14 heavy (non-hydrogen) atoms. The van der Waals surface area contributed by atoms with Gasteiger partial charge in [-0.25, -0.2) is 4.98 Å². The Morgan fingerprint density at radius 1 is 1.43 bits per heavy atom. The summed E-state index contributed by atoms with van der Waals surface area (Å²) >= 11 is 5.61. The standard InChI is InChI=1S/C10H11ClN2O/c11-10-5-4-9(8-13-10)14-7-3-1-2-6-12/h4-5,8H,1-3,7H2. The van der Waals surface area contributed by atoms with Crippen molar-refractivity contribution in [2.75, 3.05) is 6.61 Å². The Kier molecular flexibility index (Phi) is 4.81. The average molecular weight is 211 g/mol. The van der Waals surface area contributed by atoms with Gasteiger partial charge in [0.25, 0.3) is 0 Å². The first-order chi connectivity index (χ1) is 6.83. The molecule has 0 unspecified atom stereocenters. The van der Waals surface area contributed by atoms with Gasteiger partial charge >= 0.3 is 0 Å². The van der Waals surface area contributed by atoms with Crippen LogP contribution in [0.4, 0.5) is 0 Å². The molecule has 0 fully saturated rings. The molecule has 0 saturated heterocycles. The van der Waals surface area contributed by atoms with Gasteiger partial charge in [0.05, 0.1) is 18.9 Å². The molecule has 1 heterocycles. The summed E-state index contributed by atoms with van der Waals surface area (Å²) in [5.41, 5.74) is 0. The highest BCUT2D eigenvalue weighted by atomic mass is 35.5. The van der Waals surface area contributed by atoms with Crippen molar-refractivity contribution in [2.24, 2.45) is 0 Å². The van der Waals surface area contributed by atoms with Crippen LogP contribution in [0.3, 0.4) is 0 Å². The van der Waals surface area contributed by atoms with E-state index < -0.39 is 0 Å². The van der Waals surface area contributed by atoms with Crippen LogP contribution in [-0.4, -0.2) is 11.6 Å². The highest BCUT2D eigenvalue weighted by molar-refractivity contribution is 6.29. The molecule has 3 nitrogen and oxygen atoms in total. The molecule has 0 aliphatic carbocycles. The van der Waals surface area contributed by atoms with Gasteiger partial charge in [-0.1, -0.05) is 11.6 Å². The molecule has 0 radical (unpaired) electrons. The first-order valence-electron chi connectivity index (χ1n) is 4.44. The van der Waals surface area contributed by atoms with Crippen molar-refractivity contribution in [1.82, 2.24) is 4.98 Å². The van der Waals surface area contributed by atoms with Crippen LogP contribution in [0.15, 0.2) is 18.3 Å². The van der Waals surface area contributed by atoms with E-state index in [1.807, 2.05) is 0 Å². The molecule has 4 heteroatoms. The lowest BCUT2D eigenvalue weighted by molar-refractivity contribution is 0.306. The smallest absolute Gasteiger partial charge is 0.137 e. The SMILES string of the molecule is N#CCCCCOc1ccc(Cl)nc1. The number of hydrogen-bond donors (Lipinski definition) is 0. The number of nitrogens with zero attached hydrogens (tertiary/aromatic N) is 2. The van der Waals surface area contributed by atoms with E-state index in [0.717, 1.165) is 12.8 Å². The van der Waals surface area contributed by atoms with E-state index in [-0.39, 0.29) is 0 Å². The van der Waals surface area contributed by atoms with Gasteiger partial charge in [0.15, 0.2) is 0 Å². The van der Waals surface area contributed by atoms with Crippen molar-refractivity contribution < 1.29 is 4.74 Å². The van der Waals surface area contributed by atoms with Gasteiger partial charge in [-0.3, -0.25) is 0 Å². The van der Waals surface area contributed by atoms with Crippen molar-refractivity contribution in [1.29, 1.82) is 5.26 Å². The molecular weight excluding hydrogens is 200 g/mol. The lowest BCUT2D eigenvalue weighted by atomic mass is 10.3. The van der Waals surface area contributed by atoms with Crippen LogP contribution in [0.2, 0.25) is 5.15 Å². The minimum Gasteiger partial charge on any atom is -0.492 e. The topological polar surface area (TPSA) is 45.9 Å². The summed E-state index contributed by atoms with van der Waals surface area (Å²) in [5, 5.41) is 8.76. The van der Waals surface area contributed by atoms with Gasteiger partial charge < -0.3 is 4.74 Å². The van der Waals surface area contributed by atoms with Crippen molar-refractivity contribution in [3.8, 4) is 11.8 Å². The van der Waals surface area contributed by atoms with Crippen molar-refractivity contribution in [3.63, 3.8) is 0 Å². The molecule has 0 amide bonds. The zero-order valence-electron chi connectivity index (χ0n) is 7.74. The first kappa shape index (κ1) is 10.8. The highest BCUT2D eigenvalue weighted by Crippen LogP contribution is 2.12. The zero-order valence-corrected chi connectivity index (χ0v) is 8.50. The maximum absolute atomic E-state index is 8.30. The molecule has 74 valence electrons. The number of aromatic nitrogens is 1. The highest BCUT2D eigenvalue weighted by Gasteiger charge is 1.94. The predicted octanol–water partition coefficient (Wildman–Crippen LogP) is 2.81. The Balaban J connectivity index is 2.19. The summed E-state index contributed by atoms with van der Waals surface area (Å²) in [6, 6.07) is 5.55. The molecule has 0 N–H and O–H groups in total. The molecule has 1 aromatic rings. The third-order valence-electron chi connectivity index (χ3n) is 1.65. The van der Waals surface area contributed by atoms with Crippen molar-refractivity contribution in [2.45, 2.75) is 19.3 Å². The van der Waals surface area contributed by atoms with E-state index in [2.05, 4.69) is 11.1 Å². The average Bonchev–Trinajstić information content (AvgIpc) is 2.21. The minimum atomic E-state index is 0.460. The number of nitriles is 1. The number of ether oxygens (including phenoxy) is 1. The van der Waals surface area contributed by atoms with Gasteiger partial charge in [0.2, 0.25) is 0 Å². The number of unbranched alkanes of at least 4 members (excludes halogenated alkanes) is 2. The lowest BCUT2D eigenvalue weighted by Gasteiger charge is -2.03. The molecular formula is C10H11ClN2O. The molecule has 1 aromatic heterocycles. The van der Waals surface area contributed by atoms with Gasteiger partial charge in [-0.2, -0.15) is 5.26 Å². The molecule has 1 rings (SSSR count). The van der Waals surface area contributed by atoms with Gasteiger partial charge in [0.1, 0.15) is 10.9 Å². The number of pyridine rings is 1. The van der Waals surface area contributed by atoms with Crippen LogP contribution in [0.25, 0.3) is 0 Å². The Hall–Kier alpha value is -1.27. The van der Waals surface area contributed by atoms with Crippen LogP contribution in [0.5, 0.6) is 5.75 Å². The summed E-state index contributed by atoms with van der Waals surface area (Å²) in [5.74, 6) is 0.714. The van der Waals surface area contributed by atoms with E-state index in [0.29, 0.717) is 23.9 Å². The van der Waals surface area contributed by atoms with Crippen LogP contribution in [0, 0.1) is 11.3 Å². The van der Waals surface area contributed by atoms with Crippen LogP contribution < -0.4 is 4.74 Å². The Labute approximate surface area is 88.3 Å². The largest absolute Gasteiger partial charge is 0.492 e. The molecule has 0 atom stereocenters. The summed E-state index contributed by atoms with van der Waals surface area (Å²) in [6.45, 7) is 0.616. The molecule has 0 aliphatic heterocycles. The molecule has 0 spiro atoms. The van der Waals surface area contributed by atoms with Crippen LogP contribution in [-0.2, 0) is 0 Å². The minimum absolute atomic E-state index is 0.460. The van der Waals surface area contributed by atoms with E-state index in [9.17, 15) is 0 Å². The molecule has 0 bridgehead atoms. The number of hydrogen-bond acceptors (Lipinski definition) is 3. The second-order valence-electron chi connectivity index (χ2n) is 2.78. The van der Waals surface area contributed by atoms with E-state index in [1.54, 1.807) is 18.3 Å². The van der Waals surface area contributed by atoms with Crippen molar-refractivity contribution >= 4 is 11.6 Å². The van der Waals surface area contributed by atoms with Gasteiger partial charge in [-0.05, 0) is 25.0 Å². The van der Waals surface area contributed by atoms with E-state index in [4.69, 9.17) is 21.6 Å². The Bertz CT molecular complexity index is 305. The maximum Gasteiger partial charge on any atom is 0.137 e. The number of rotatable bonds is 5. The maximum atomic E-state index is 8.30. The quantitative estimate of drug-likeness (QED) is 0.555. The first-order valence-corrected chi connectivity index (χ1v) is 4.82. The summed E-state index contributed by atoms with van der Waals surface area (Å²) < 4.78 is 5.38. The summed E-state index contributed by atoms with van der Waals surface area (Å²) in [7, 11) is 0. The molecule has 0 saturated carbocycles. The molecule has 0 aliphatic rings. The number of halogens is 1. The van der Waals surface area contributed by atoms with Gasteiger partial charge in [-0.15, -0.1) is 0 Å². The second-order valence-corrected chi connectivity index (χ2v) is 3.17. The van der Waals surface area contributed by atoms with Crippen molar-refractivity contribution in [3.05, 3.63) is 23.5 Å². The Morgan fingerprint density at radius 2 is 2.29 bits per heavy atom. The molecule has 0 aromatic carbocycles. The van der Waals surface area contributed by atoms with Crippen LogP contribution >= 0.6 is 11.6 Å². The fourth-order valence-corrected chi connectivity index (χ4v) is 1.06. The fraction of sp³-hybridized carbons (Fsp3) is 0.400. The normalized spacial score (nSPS) is 9.43.